The van der Waals surface area contributed by atoms with Crippen molar-refractivity contribution in [2.24, 2.45) is 0 Å². The summed E-state index contributed by atoms with van der Waals surface area (Å²) in [5.74, 6) is -1.67. The summed E-state index contributed by atoms with van der Waals surface area (Å²) < 4.78 is 10.7. The lowest BCUT2D eigenvalue weighted by Crippen LogP contribution is -2.31. The molecule has 0 saturated carbocycles. The van der Waals surface area contributed by atoms with Gasteiger partial charge in [0.1, 0.15) is 6.54 Å². The van der Waals surface area contributed by atoms with Crippen LogP contribution in [0.15, 0.2) is 59.7 Å². The van der Waals surface area contributed by atoms with Crippen molar-refractivity contribution in [1.82, 2.24) is 14.9 Å². The van der Waals surface area contributed by atoms with E-state index in [9.17, 15) is 19.2 Å². The van der Waals surface area contributed by atoms with Gasteiger partial charge in [0.15, 0.2) is 6.61 Å². The predicted molar refractivity (Wildman–Crippen MR) is 107 cm³/mol. The standard InChI is InChI=1S/C21H19N3O6/c1-29-21(28)15-8-6-14(7-9-15)10-22-18(25)12-30-19(26)11-24-13-23-17-5-3-2-4-16(17)20(24)27/h2-9,13H,10-12H2,1H3,(H,22,25). The normalized spacial score (nSPS) is 10.4. The Labute approximate surface area is 171 Å². The first-order valence-electron chi connectivity index (χ1n) is 9.01. The number of aromatic nitrogens is 2. The van der Waals surface area contributed by atoms with Gasteiger partial charge in [-0.25, -0.2) is 9.78 Å². The number of ether oxygens (including phenoxy) is 2. The Hall–Kier alpha value is -4.01. The topological polar surface area (TPSA) is 117 Å². The molecule has 0 unspecified atom stereocenters. The van der Waals surface area contributed by atoms with Crippen LogP contribution in [0, 0.1) is 0 Å². The number of benzene rings is 2. The largest absolute Gasteiger partial charge is 0.465 e. The molecule has 3 rings (SSSR count). The van der Waals surface area contributed by atoms with Crippen LogP contribution in [0.1, 0.15) is 15.9 Å². The molecule has 1 heterocycles. The molecule has 0 atom stereocenters. The van der Waals surface area contributed by atoms with Gasteiger partial charge in [0.05, 0.1) is 29.9 Å². The molecule has 2 aromatic carbocycles. The van der Waals surface area contributed by atoms with Gasteiger partial charge in [-0.1, -0.05) is 24.3 Å². The molecular weight excluding hydrogens is 390 g/mol. The fourth-order valence-corrected chi connectivity index (χ4v) is 2.68. The van der Waals surface area contributed by atoms with Gasteiger partial charge in [-0.2, -0.15) is 0 Å². The zero-order valence-electron chi connectivity index (χ0n) is 16.2. The lowest BCUT2D eigenvalue weighted by molar-refractivity contribution is -0.149. The number of nitrogens with one attached hydrogen (secondary N) is 1. The molecule has 154 valence electrons. The summed E-state index contributed by atoms with van der Waals surface area (Å²) in [6, 6.07) is 13.3. The smallest absolute Gasteiger partial charge is 0.337 e. The molecule has 0 aliphatic carbocycles. The maximum Gasteiger partial charge on any atom is 0.337 e. The number of rotatable bonds is 7. The van der Waals surface area contributed by atoms with Crippen molar-refractivity contribution < 1.29 is 23.9 Å². The van der Waals surface area contributed by atoms with E-state index >= 15 is 0 Å². The lowest BCUT2D eigenvalue weighted by Gasteiger charge is -2.08. The van der Waals surface area contributed by atoms with Crippen LogP contribution >= 0.6 is 0 Å². The Morgan fingerprint density at radius 1 is 1.07 bits per heavy atom. The molecule has 0 spiro atoms. The summed E-state index contributed by atoms with van der Waals surface area (Å²) in [7, 11) is 1.30. The number of fused-ring (bicyclic) bond motifs is 1. The zero-order chi connectivity index (χ0) is 21.5. The van der Waals surface area contributed by atoms with Crippen molar-refractivity contribution in [1.29, 1.82) is 0 Å². The molecule has 1 amide bonds. The van der Waals surface area contributed by atoms with Crippen LogP contribution in [0.25, 0.3) is 10.9 Å². The summed E-state index contributed by atoms with van der Waals surface area (Å²) in [6.07, 6.45) is 1.27. The third-order valence-electron chi connectivity index (χ3n) is 4.26. The molecule has 0 aliphatic rings. The van der Waals surface area contributed by atoms with E-state index in [1.54, 1.807) is 48.5 Å². The maximum absolute atomic E-state index is 12.4. The Kier molecular flexibility index (Phi) is 6.53. The number of amides is 1. The number of para-hydroxylation sites is 1. The average molecular weight is 409 g/mol. The molecule has 9 heteroatoms. The number of hydrogen-bond donors (Lipinski definition) is 1. The van der Waals surface area contributed by atoms with Crippen molar-refractivity contribution in [3.05, 3.63) is 76.3 Å². The number of carbonyl (C=O) groups is 3. The maximum atomic E-state index is 12.4. The predicted octanol–water partition coefficient (Wildman–Crippen LogP) is 1.04. The Balaban J connectivity index is 1.48. The van der Waals surface area contributed by atoms with Crippen LogP contribution in [0.2, 0.25) is 0 Å². The van der Waals surface area contributed by atoms with Gasteiger partial charge in [-0.05, 0) is 29.8 Å². The number of esters is 2. The van der Waals surface area contributed by atoms with Crippen LogP contribution in [0.4, 0.5) is 0 Å². The van der Waals surface area contributed by atoms with E-state index < -0.39 is 24.5 Å². The molecule has 3 aromatic rings. The minimum atomic E-state index is -0.730. The SMILES string of the molecule is COC(=O)c1ccc(CNC(=O)COC(=O)Cn2cnc3ccccc3c2=O)cc1. The molecule has 1 aromatic heterocycles. The lowest BCUT2D eigenvalue weighted by atomic mass is 10.1. The zero-order valence-corrected chi connectivity index (χ0v) is 16.2. The fourth-order valence-electron chi connectivity index (χ4n) is 2.68. The fraction of sp³-hybridized carbons (Fsp3) is 0.190. The minimum Gasteiger partial charge on any atom is -0.465 e. The van der Waals surface area contributed by atoms with Crippen molar-refractivity contribution >= 4 is 28.7 Å². The van der Waals surface area contributed by atoms with E-state index in [0.29, 0.717) is 16.5 Å². The second-order valence-corrected chi connectivity index (χ2v) is 6.32. The molecule has 0 saturated heterocycles. The van der Waals surface area contributed by atoms with Crippen molar-refractivity contribution in [2.45, 2.75) is 13.1 Å². The Morgan fingerprint density at radius 3 is 2.53 bits per heavy atom. The van der Waals surface area contributed by atoms with Crippen molar-refractivity contribution in [3.63, 3.8) is 0 Å². The monoisotopic (exact) mass is 409 g/mol. The van der Waals surface area contributed by atoms with E-state index in [1.807, 2.05) is 0 Å². The second kappa shape index (κ2) is 9.46. The molecule has 0 radical (unpaired) electrons. The van der Waals surface area contributed by atoms with E-state index in [-0.39, 0.29) is 18.6 Å². The molecular formula is C21H19N3O6. The van der Waals surface area contributed by atoms with Crippen molar-refractivity contribution in [3.8, 4) is 0 Å². The molecule has 0 aliphatic heterocycles. The quantitative estimate of drug-likeness (QED) is 0.580. The molecule has 30 heavy (non-hydrogen) atoms. The summed E-state index contributed by atoms with van der Waals surface area (Å²) >= 11 is 0. The number of hydrogen-bond acceptors (Lipinski definition) is 7. The van der Waals surface area contributed by atoms with E-state index in [0.717, 1.165) is 10.1 Å². The first-order chi connectivity index (χ1) is 14.5. The Morgan fingerprint density at radius 2 is 1.80 bits per heavy atom. The highest BCUT2D eigenvalue weighted by Gasteiger charge is 2.11. The van der Waals surface area contributed by atoms with Gasteiger partial charge in [-0.3, -0.25) is 19.0 Å². The Bertz CT molecular complexity index is 1140. The van der Waals surface area contributed by atoms with Crippen LogP contribution in [0.5, 0.6) is 0 Å². The number of carbonyl (C=O) groups excluding carboxylic acids is 3. The highest BCUT2D eigenvalue weighted by molar-refractivity contribution is 5.89. The highest BCUT2D eigenvalue weighted by Crippen LogP contribution is 2.06. The van der Waals surface area contributed by atoms with Gasteiger partial charge >= 0.3 is 11.9 Å². The van der Waals surface area contributed by atoms with E-state index in [1.165, 1.54) is 13.4 Å². The molecule has 9 nitrogen and oxygen atoms in total. The number of nitrogens with zero attached hydrogens (tertiary/aromatic N) is 2. The van der Waals surface area contributed by atoms with Gasteiger partial charge in [0.25, 0.3) is 11.5 Å². The molecule has 0 bridgehead atoms. The molecule has 0 fully saturated rings. The summed E-state index contributed by atoms with van der Waals surface area (Å²) in [6.45, 7) is -0.625. The summed E-state index contributed by atoms with van der Waals surface area (Å²) in [4.78, 5) is 51.7. The highest BCUT2D eigenvalue weighted by atomic mass is 16.5. The average Bonchev–Trinajstić information content (AvgIpc) is 2.78. The third-order valence-corrected chi connectivity index (χ3v) is 4.26. The minimum absolute atomic E-state index is 0.200. The van der Waals surface area contributed by atoms with E-state index in [4.69, 9.17) is 4.74 Å². The summed E-state index contributed by atoms with van der Waals surface area (Å²) in [5.41, 5.74) is 1.33. The van der Waals surface area contributed by atoms with Gasteiger partial charge in [-0.15, -0.1) is 0 Å². The number of methoxy groups -OCH3 is 1. The molecule has 1 N–H and O–H groups in total. The van der Waals surface area contributed by atoms with Gasteiger partial charge in [0, 0.05) is 6.54 Å². The van der Waals surface area contributed by atoms with Crippen LogP contribution < -0.4 is 10.9 Å². The van der Waals surface area contributed by atoms with Gasteiger partial charge < -0.3 is 14.8 Å². The van der Waals surface area contributed by atoms with Crippen LogP contribution in [-0.2, 0) is 32.2 Å². The van der Waals surface area contributed by atoms with Crippen LogP contribution in [0.3, 0.4) is 0 Å². The first kappa shape index (κ1) is 20.7. The van der Waals surface area contributed by atoms with Gasteiger partial charge in [0.2, 0.25) is 0 Å². The van der Waals surface area contributed by atoms with E-state index in [2.05, 4.69) is 15.0 Å². The second-order valence-electron chi connectivity index (χ2n) is 6.32. The third kappa shape index (κ3) is 5.07. The van der Waals surface area contributed by atoms with Crippen LogP contribution in [-0.4, -0.2) is 41.1 Å². The summed E-state index contributed by atoms with van der Waals surface area (Å²) in [5, 5.41) is 3.00. The van der Waals surface area contributed by atoms with Crippen molar-refractivity contribution in [2.75, 3.05) is 13.7 Å². The first-order valence-corrected chi connectivity index (χ1v) is 9.01.